The Balaban J connectivity index is 3.60. The topological polar surface area (TPSA) is 9.23 Å². The summed E-state index contributed by atoms with van der Waals surface area (Å²) in [5.74, 6) is 0. The predicted octanol–water partition coefficient (Wildman–Crippen LogP) is 2.67. The summed E-state index contributed by atoms with van der Waals surface area (Å²) in [5, 5.41) is 0.842. The van der Waals surface area contributed by atoms with Gasteiger partial charge in [-0.25, -0.2) is 0 Å². The second-order valence-corrected chi connectivity index (χ2v) is 8.08. The van der Waals surface area contributed by atoms with Crippen LogP contribution in [0.5, 0.6) is 0 Å². The summed E-state index contributed by atoms with van der Waals surface area (Å²) in [4.78, 5) is 0. The lowest BCUT2D eigenvalue weighted by atomic mass is 11.2. The quantitative estimate of drug-likeness (QED) is 0.466. The van der Waals surface area contributed by atoms with E-state index in [1.165, 1.54) is 0 Å². The van der Waals surface area contributed by atoms with Gasteiger partial charge in [-0.15, -0.1) is 0 Å². The maximum absolute atomic E-state index is 5.49. The van der Waals surface area contributed by atoms with E-state index in [-0.39, 0.29) is 0 Å². The summed E-state index contributed by atoms with van der Waals surface area (Å²) in [6.45, 7) is 10.2. The van der Waals surface area contributed by atoms with Crippen molar-refractivity contribution in [3.63, 3.8) is 0 Å². The van der Waals surface area contributed by atoms with Gasteiger partial charge in [-0.2, -0.15) is 0 Å². The van der Waals surface area contributed by atoms with Crippen LogP contribution in [0.1, 0.15) is 0 Å². The van der Waals surface area contributed by atoms with Crippen molar-refractivity contribution in [3.05, 3.63) is 11.7 Å². The summed E-state index contributed by atoms with van der Waals surface area (Å²) in [6.07, 6.45) is 1.97. The number of thioether (sulfide) groups is 1. The van der Waals surface area contributed by atoms with Crippen LogP contribution in [0.4, 0.5) is 0 Å². The molecule has 0 unspecified atom stereocenters. The van der Waals surface area contributed by atoms with Crippen molar-refractivity contribution in [2.75, 3.05) is 6.26 Å². The zero-order valence-corrected chi connectivity index (χ0v) is 8.34. The van der Waals surface area contributed by atoms with E-state index in [9.17, 15) is 0 Å². The zero-order chi connectivity index (χ0) is 7.49. The predicted molar refractivity (Wildman–Crippen MR) is 47.1 cm³/mol. The SMILES string of the molecule is C=C(O[Si](C)(C)C)SC. The van der Waals surface area contributed by atoms with Crippen LogP contribution >= 0.6 is 11.8 Å². The summed E-state index contributed by atoms with van der Waals surface area (Å²) < 4.78 is 5.49. The average Bonchev–Trinajstić information content (AvgIpc) is 1.62. The van der Waals surface area contributed by atoms with Crippen LogP contribution in [0.3, 0.4) is 0 Å². The maximum atomic E-state index is 5.49. The fourth-order valence-corrected chi connectivity index (χ4v) is 2.15. The second kappa shape index (κ2) is 3.32. The zero-order valence-electron chi connectivity index (χ0n) is 6.52. The largest absolute Gasteiger partial charge is 0.540 e. The lowest BCUT2D eigenvalue weighted by Gasteiger charge is -2.19. The second-order valence-electron chi connectivity index (χ2n) is 2.79. The van der Waals surface area contributed by atoms with Crippen molar-refractivity contribution >= 4 is 20.1 Å². The Labute approximate surface area is 62.6 Å². The van der Waals surface area contributed by atoms with Gasteiger partial charge in [0, 0.05) is 0 Å². The molecule has 0 fully saturated rings. The van der Waals surface area contributed by atoms with Crippen LogP contribution in [0.15, 0.2) is 11.7 Å². The molecule has 0 spiro atoms. The molecule has 0 heterocycles. The molecule has 0 saturated carbocycles. The molecule has 0 atom stereocenters. The first-order valence-corrected chi connectivity index (χ1v) is 7.51. The summed E-state index contributed by atoms with van der Waals surface area (Å²) in [5.41, 5.74) is 0. The Morgan fingerprint density at radius 2 is 1.89 bits per heavy atom. The molecule has 0 amide bonds. The van der Waals surface area contributed by atoms with E-state index in [1.54, 1.807) is 11.8 Å². The highest BCUT2D eigenvalue weighted by atomic mass is 32.2. The van der Waals surface area contributed by atoms with Crippen LogP contribution in [0.25, 0.3) is 0 Å². The van der Waals surface area contributed by atoms with Crippen molar-refractivity contribution in [1.82, 2.24) is 0 Å². The number of rotatable bonds is 3. The van der Waals surface area contributed by atoms with Gasteiger partial charge in [-0.1, -0.05) is 18.3 Å². The molecule has 0 radical (unpaired) electrons. The van der Waals surface area contributed by atoms with Gasteiger partial charge in [0.2, 0.25) is 8.32 Å². The minimum atomic E-state index is -1.36. The Kier molecular flexibility index (Phi) is 3.36. The molecule has 0 aromatic heterocycles. The van der Waals surface area contributed by atoms with Crippen molar-refractivity contribution < 1.29 is 4.43 Å². The van der Waals surface area contributed by atoms with Gasteiger partial charge in [-0.3, -0.25) is 0 Å². The first-order chi connectivity index (χ1) is 3.95. The van der Waals surface area contributed by atoms with Gasteiger partial charge < -0.3 is 4.43 Å². The van der Waals surface area contributed by atoms with Crippen LogP contribution in [0.2, 0.25) is 19.6 Å². The van der Waals surface area contributed by atoms with Gasteiger partial charge >= 0.3 is 0 Å². The van der Waals surface area contributed by atoms with Gasteiger partial charge in [0.15, 0.2) is 0 Å². The van der Waals surface area contributed by atoms with E-state index in [4.69, 9.17) is 4.43 Å². The van der Waals surface area contributed by atoms with Crippen molar-refractivity contribution in [1.29, 1.82) is 0 Å². The maximum Gasteiger partial charge on any atom is 0.242 e. The first-order valence-electron chi connectivity index (χ1n) is 2.87. The molecule has 0 bridgehead atoms. The molecule has 0 aliphatic heterocycles. The van der Waals surface area contributed by atoms with Crippen molar-refractivity contribution in [2.45, 2.75) is 19.6 Å². The molecule has 0 aliphatic rings. The van der Waals surface area contributed by atoms with Crippen LogP contribution in [-0.4, -0.2) is 14.6 Å². The molecule has 0 aromatic rings. The molecule has 9 heavy (non-hydrogen) atoms. The number of hydrogen-bond donors (Lipinski definition) is 0. The molecule has 0 aromatic carbocycles. The Morgan fingerprint density at radius 3 is 2.00 bits per heavy atom. The fraction of sp³-hybridized carbons (Fsp3) is 0.667. The number of hydrogen-bond acceptors (Lipinski definition) is 2. The van der Waals surface area contributed by atoms with E-state index < -0.39 is 8.32 Å². The van der Waals surface area contributed by atoms with Crippen LogP contribution in [0, 0.1) is 0 Å². The highest BCUT2D eigenvalue weighted by Gasteiger charge is 2.15. The monoisotopic (exact) mass is 162 g/mol. The van der Waals surface area contributed by atoms with Gasteiger partial charge in [0.1, 0.15) is 5.09 Å². The summed E-state index contributed by atoms with van der Waals surface area (Å²) in [7, 11) is -1.36. The minimum Gasteiger partial charge on any atom is -0.540 e. The average molecular weight is 162 g/mol. The fourth-order valence-electron chi connectivity index (χ4n) is 0.383. The lowest BCUT2D eigenvalue weighted by Crippen LogP contribution is -2.23. The van der Waals surface area contributed by atoms with Gasteiger partial charge in [0.25, 0.3) is 0 Å². The highest BCUT2D eigenvalue weighted by Crippen LogP contribution is 2.16. The molecule has 1 nitrogen and oxygen atoms in total. The van der Waals surface area contributed by atoms with Gasteiger partial charge in [0.05, 0.1) is 0 Å². The van der Waals surface area contributed by atoms with E-state index in [2.05, 4.69) is 26.2 Å². The summed E-state index contributed by atoms with van der Waals surface area (Å²) >= 11 is 1.57. The molecule has 0 saturated heterocycles. The summed E-state index contributed by atoms with van der Waals surface area (Å²) in [6, 6.07) is 0. The van der Waals surface area contributed by atoms with Crippen LogP contribution < -0.4 is 0 Å². The third kappa shape index (κ3) is 5.99. The van der Waals surface area contributed by atoms with Crippen molar-refractivity contribution in [2.24, 2.45) is 0 Å². The van der Waals surface area contributed by atoms with Crippen LogP contribution in [-0.2, 0) is 4.43 Å². The minimum absolute atomic E-state index is 0.842. The van der Waals surface area contributed by atoms with E-state index in [0.29, 0.717) is 0 Å². The molecule has 0 N–H and O–H groups in total. The van der Waals surface area contributed by atoms with E-state index in [0.717, 1.165) is 5.09 Å². The molecular formula is C6H14OSSi. The Hall–Kier alpha value is 0.107. The molecule has 3 heteroatoms. The molecule has 54 valence electrons. The highest BCUT2D eigenvalue weighted by molar-refractivity contribution is 8.02. The Morgan fingerprint density at radius 1 is 1.44 bits per heavy atom. The normalized spacial score (nSPS) is 11.1. The Bertz CT molecular complexity index is 106. The third-order valence-corrected chi connectivity index (χ3v) is 2.19. The smallest absolute Gasteiger partial charge is 0.242 e. The lowest BCUT2D eigenvalue weighted by molar-refractivity contribution is 0.466. The standard InChI is InChI=1S/C6H14OSSi/c1-6(8-2)7-9(3,4)5/h1H2,2-5H3. The molecule has 0 rings (SSSR count). The first kappa shape index (κ1) is 9.11. The third-order valence-electron chi connectivity index (χ3n) is 0.648. The van der Waals surface area contributed by atoms with E-state index >= 15 is 0 Å². The van der Waals surface area contributed by atoms with Crippen molar-refractivity contribution in [3.8, 4) is 0 Å². The molecule has 0 aliphatic carbocycles. The van der Waals surface area contributed by atoms with Gasteiger partial charge in [-0.05, 0) is 25.9 Å². The molecular weight excluding hydrogens is 148 g/mol. The van der Waals surface area contributed by atoms with E-state index in [1.807, 2.05) is 6.26 Å².